The summed E-state index contributed by atoms with van der Waals surface area (Å²) in [5.74, 6) is 0.626. The Balaban J connectivity index is 0.895. The molecule has 4 heteroatoms. The van der Waals surface area contributed by atoms with Crippen LogP contribution in [0.25, 0.3) is 76.8 Å². The van der Waals surface area contributed by atoms with Gasteiger partial charge in [-0.3, -0.25) is 0 Å². The Hall–Kier alpha value is -5.36. The number of ether oxygens (including phenoxy) is 4. The average Bonchev–Trinajstić information content (AvgIpc) is 4.24. The van der Waals surface area contributed by atoms with Gasteiger partial charge in [-0.1, -0.05) is 137 Å². The van der Waals surface area contributed by atoms with Crippen LogP contribution in [-0.2, 0) is 36.2 Å². The van der Waals surface area contributed by atoms with Gasteiger partial charge in [-0.2, -0.15) is 0 Å². The minimum absolute atomic E-state index is 0.172. The third-order valence-electron chi connectivity index (χ3n) is 14.5. The Morgan fingerprint density at radius 1 is 0.565 bits per heavy atom. The molecule has 3 atom stereocenters. The predicted molar refractivity (Wildman–Crippen MR) is 254 cm³/mol. The molecule has 0 bridgehead atoms. The van der Waals surface area contributed by atoms with Gasteiger partial charge in [-0.05, 0) is 148 Å². The van der Waals surface area contributed by atoms with Gasteiger partial charge in [-0.15, -0.1) is 0 Å². The van der Waals surface area contributed by atoms with E-state index < -0.39 is 0 Å². The second-order valence-corrected chi connectivity index (χ2v) is 19.5. The van der Waals surface area contributed by atoms with Gasteiger partial charge in [0.1, 0.15) is 12.2 Å². The van der Waals surface area contributed by atoms with Crippen LogP contribution >= 0.6 is 0 Å². The lowest BCUT2D eigenvalue weighted by atomic mass is 9.74. The summed E-state index contributed by atoms with van der Waals surface area (Å²) in [6.45, 7) is 13.7. The number of epoxide rings is 2. The third kappa shape index (κ3) is 6.33. The molecule has 0 radical (unpaired) electrons. The molecule has 12 rings (SSSR count). The Labute approximate surface area is 365 Å². The van der Waals surface area contributed by atoms with E-state index in [2.05, 4.69) is 155 Å². The van der Waals surface area contributed by atoms with Crippen molar-refractivity contribution < 1.29 is 18.9 Å². The van der Waals surface area contributed by atoms with E-state index in [4.69, 9.17) is 18.9 Å². The topological polar surface area (TPSA) is 43.5 Å². The summed E-state index contributed by atoms with van der Waals surface area (Å²) in [6, 6.07) is 49.4. The Morgan fingerprint density at radius 2 is 1.13 bits per heavy atom. The van der Waals surface area contributed by atoms with Crippen LogP contribution in [0.5, 0.6) is 0 Å². The lowest BCUT2D eigenvalue weighted by Gasteiger charge is -2.32. The minimum Gasteiger partial charge on any atom is -0.379 e. The maximum atomic E-state index is 6.56. The van der Waals surface area contributed by atoms with E-state index in [0.29, 0.717) is 32.3 Å². The monoisotopic (exact) mass is 814 g/mol. The Morgan fingerprint density at radius 3 is 1.84 bits per heavy atom. The van der Waals surface area contributed by atoms with E-state index in [0.717, 1.165) is 32.5 Å². The SMILES string of the molecule is CC(C)Cc1cc2ccc3ccc(-c4ccc5c(c4)C(C)(C)c4cc(-c6ccc7c(c6)C(CCCOCC6CO6)(COCC6CO6)c6ccccc6-7)ccc4-5)c4ccc(c1)c2c34. The molecular formula is C58H54O4. The van der Waals surface area contributed by atoms with E-state index >= 15 is 0 Å². The van der Waals surface area contributed by atoms with Crippen molar-refractivity contribution in [3.05, 3.63) is 155 Å². The van der Waals surface area contributed by atoms with Gasteiger partial charge < -0.3 is 18.9 Å². The van der Waals surface area contributed by atoms with E-state index in [9.17, 15) is 0 Å². The van der Waals surface area contributed by atoms with Crippen molar-refractivity contribution in [1.29, 1.82) is 0 Å². The van der Waals surface area contributed by atoms with Gasteiger partial charge in [0.2, 0.25) is 0 Å². The maximum Gasteiger partial charge on any atom is 0.104 e. The highest BCUT2D eigenvalue weighted by atomic mass is 16.6. The summed E-state index contributed by atoms with van der Waals surface area (Å²) < 4.78 is 23.6. The molecule has 2 fully saturated rings. The second-order valence-electron chi connectivity index (χ2n) is 19.5. The molecule has 2 saturated heterocycles. The van der Waals surface area contributed by atoms with E-state index in [-0.39, 0.29) is 23.0 Å². The number of fused-ring (bicyclic) bond motifs is 6. The van der Waals surface area contributed by atoms with Crippen LogP contribution in [0.2, 0.25) is 0 Å². The van der Waals surface area contributed by atoms with Gasteiger partial charge >= 0.3 is 0 Å². The zero-order chi connectivity index (χ0) is 41.7. The number of hydrogen-bond donors (Lipinski definition) is 0. The highest BCUT2D eigenvalue weighted by Gasteiger charge is 2.44. The first-order valence-electron chi connectivity index (χ1n) is 22.9. The molecule has 3 unspecified atom stereocenters. The summed E-state index contributed by atoms with van der Waals surface area (Å²) in [4.78, 5) is 0. The smallest absolute Gasteiger partial charge is 0.104 e. The largest absolute Gasteiger partial charge is 0.379 e. The molecular weight excluding hydrogens is 761 g/mol. The Kier molecular flexibility index (Phi) is 9.03. The number of benzene rings is 8. The lowest BCUT2D eigenvalue weighted by Crippen LogP contribution is -2.32. The van der Waals surface area contributed by atoms with Gasteiger partial charge in [0, 0.05) is 17.4 Å². The van der Waals surface area contributed by atoms with Crippen molar-refractivity contribution in [2.75, 3.05) is 39.6 Å². The molecule has 8 aromatic rings. The van der Waals surface area contributed by atoms with Gasteiger partial charge in [0.05, 0.1) is 33.0 Å². The summed E-state index contributed by atoms with van der Waals surface area (Å²) in [7, 11) is 0. The molecule has 2 aliphatic carbocycles. The highest BCUT2D eigenvalue weighted by molar-refractivity contribution is 6.25. The van der Waals surface area contributed by atoms with Crippen LogP contribution in [0.15, 0.2) is 127 Å². The summed E-state index contributed by atoms with van der Waals surface area (Å²) >= 11 is 0. The normalized spacial score (nSPS) is 20.3. The van der Waals surface area contributed by atoms with E-state index in [1.165, 1.54) is 105 Å². The van der Waals surface area contributed by atoms with Crippen molar-refractivity contribution in [2.45, 2.75) is 70.0 Å². The molecule has 4 aliphatic rings. The first-order chi connectivity index (χ1) is 30.2. The number of rotatable bonds is 14. The van der Waals surface area contributed by atoms with Crippen molar-refractivity contribution in [2.24, 2.45) is 5.92 Å². The van der Waals surface area contributed by atoms with E-state index in [1.54, 1.807) is 0 Å². The lowest BCUT2D eigenvalue weighted by molar-refractivity contribution is 0.0713. The van der Waals surface area contributed by atoms with Crippen molar-refractivity contribution >= 4 is 32.3 Å². The van der Waals surface area contributed by atoms with Crippen LogP contribution in [-0.4, -0.2) is 51.8 Å². The molecule has 310 valence electrons. The molecule has 0 spiro atoms. The fraction of sp³-hybridized carbons (Fsp3) is 0.310. The molecule has 0 N–H and O–H groups in total. The first kappa shape index (κ1) is 38.3. The number of hydrogen-bond acceptors (Lipinski definition) is 4. The fourth-order valence-electron chi connectivity index (χ4n) is 11.3. The molecule has 0 saturated carbocycles. The van der Waals surface area contributed by atoms with Crippen LogP contribution in [0.1, 0.15) is 68.4 Å². The molecule has 4 nitrogen and oxygen atoms in total. The molecule has 62 heavy (non-hydrogen) atoms. The van der Waals surface area contributed by atoms with Gasteiger partial charge in [0.25, 0.3) is 0 Å². The van der Waals surface area contributed by atoms with Crippen molar-refractivity contribution in [1.82, 2.24) is 0 Å². The van der Waals surface area contributed by atoms with Crippen LogP contribution in [0, 0.1) is 5.92 Å². The summed E-state index contributed by atoms with van der Waals surface area (Å²) in [5.41, 5.74) is 16.8. The summed E-state index contributed by atoms with van der Waals surface area (Å²) in [6.07, 6.45) is 3.47. The third-order valence-corrected chi connectivity index (χ3v) is 14.5. The van der Waals surface area contributed by atoms with Crippen molar-refractivity contribution in [3.8, 4) is 44.5 Å². The highest BCUT2D eigenvalue weighted by Crippen LogP contribution is 2.54. The second kappa shape index (κ2) is 14.6. The predicted octanol–water partition coefficient (Wildman–Crippen LogP) is 13.3. The molecule has 0 amide bonds. The van der Waals surface area contributed by atoms with Crippen LogP contribution < -0.4 is 0 Å². The molecule has 2 heterocycles. The zero-order valence-electron chi connectivity index (χ0n) is 36.4. The minimum atomic E-state index is -0.277. The Bertz CT molecular complexity index is 3020. The van der Waals surface area contributed by atoms with Gasteiger partial charge in [-0.25, -0.2) is 0 Å². The average molecular weight is 815 g/mol. The molecule has 0 aromatic heterocycles. The van der Waals surface area contributed by atoms with Crippen LogP contribution in [0.3, 0.4) is 0 Å². The van der Waals surface area contributed by atoms with Crippen LogP contribution in [0.4, 0.5) is 0 Å². The summed E-state index contributed by atoms with van der Waals surface area (Å²) in [5, 5.41) is 8.08. The molecule has 2 aliphatic heterocycles. The fourth-order valence-corrected chi connectivity index (χ4v) is 11.3. The quantitative estimate of drug-likeness (QED) is 0.0623. The van der Waals surface area contributed by atoms with Crippen molar-refractivity contribution in [3.63, 3.8) is 0 Å². The first-order valence-corrected chi connectivity index (χ1v) is 22.9. The maximum absolute atomic E-state index is 6.56. The van der Waals surface area contributed by atoms with Gasteiger partial charge in [0.15, 0.2) is 0 Å². The molecule has 8 aromatic carbocycles. The van der Waals surface area contributed by atoms with E-state index in [1.807, 2.05) is 0 Å². The zero-order valence-corrected chi connectivity index (χ0v) is 36.4. The standard InChI is InChI=1S/C58H54O4/c1-35(2)24-36-25-41-11-10-37-12-17-45(50-21-16-42(26-36)55(41)56(37)50)40-15-20-48-47-18-13-38(27-52(47)57(3,4)53(48)29-40)39-14-19-49-46-8-5-6-9-51(46)58(54(49)28-39,34-60-31-44-33-62-44)22-7-23-59-30-43-32-61-43/h5-6,8-21,25-29,35,43-44H,7,22-24,30-34H2,1-4H3.